The molecule has 166 valence electrons. The Labute approximate surface area is 178 Å². The molecule has 0 saturated heterocycles. The molecule has 6 heteroatoms. The summed E-state index contributed by atoms with van der Waals surface area (Å²) in [6.07, 6.45) is 8.18. The van der Waals surface area contributed by atoms with E-state index in [2.05, 4.69) is 17.2 Å². The maximum Gasteiger partial charge on any atom is 0.157 e. The lowest BCUT2D eigenvalue weighted by Gasteiger charge is -2.57. The Morgan fingerprint density at radius 2 is 1.90 bits per heavy atom. The van der Waals surface area contributed by atoms with Crippen LogP contribution in [-0.4, -0.2) is 37.7 Å². The van der Waals surface area contributed by atoms with Crippen molar-refractivity contribution in [3.8, 4) is 0 Å². The van der Waals surface area contributed by atoms with Gasteiger partial charge in [-0.05, 0) is 100 Å². The van der Waals surface area contributed by atoms with Gasteiger partial charge in [-0.25, -0.2) is 9.07 Å². The molecule has 1 N–H and O–H groups in total. The molecular formula is C24H36FN3O2. The Kier molecular flexibility index (Phi) is 4.88. The standard InChI is InChI=1S/C24H36FN3O2/c1-14-12-28(27-26-14)13-22(29)20-5-4-19-17-10-21(25)18-11-23(2,30)8-6-16(18)15(17)7-9-24(19,20)3/h12,15-21,30H,4-11,13H2,1-3H3/t15-,16-,17-,18+,19+,20-,21-,23-,24+/m1/s1. The van der Waals surface area contributed by atoms with Crippen molar-refractivity contribution in [1.82, 2.24) is 15.0 Å². The summed E-state index contributed by atoms with van der Waals surface area (Å²) >= 11 is 0. The summed E-state index contributed by atoms with van der Waals surface area (Å²) in [4.78, 5) is 13.2. The number of hydrogen-bond donors (Lipinski definition) is 1. The summed E-state index contributed by atoms with van der Waals surface area (Å²) in [5.74, 6) is 2.17. The third-order valence-electron chi connectivity index (χ3n) is 9.61. The van der Waals surface area contributed by atoms with Gasteiger partial charge in [0.1, 0.15) is 12.7 Å². The number of hydrogen-bond acceptors (Lipinski definition) is 4. The van der Waals surface area contributed by atoms with Crippen molar-refractivity contribution in [3.63, 3.8) is 0 Å². The van der Waals surface area contributed by atoms with Crippen molar-refractivity contribution < 1.29 is 14.3 Å². The fraction of sp³-hybridized carbons (Fsp3) is 0.875. The topological polar surface area (TPSA) is 68.0 Å². The average Bonchev–Trinajstić information content (AvgIpc) is 3.24. The summed E-state index contributed by atoms with van der Waals surface area (Å²) in [5, 5.41) is 18.6. The molecular weight excluding hydrogens is 381 g/mol. The largest absolute Gasteiger partial charge is 0.390 e. The molecule has 4 fully saturated rings. The highest BCUT2D eigenvalue weighted by molar-refractivity contribution is 5.82. The van der Waals surface area contributed by atoms with Gasteiger partial charge in [0.15, 0.2) is 5.78 Å². The molecule has 0 aliphatic heterocycles. The predicted octanol–water partition coefficient (Wildman–Crippen LogP) is 4.12. The van der Waals surface area contributed by atoms with E-state index in [0.717, 1.165) is 44.2 Å². The molecule has 0 radical (unpaired) electrons. The smallest absolute Gasteiger partial charge is 0.157 e. The van der Waals surface area contributed by atoms with Crippen LogP contribution in [-0.2, 0) is 11.3 Å². The number of rotatable bonds is 3. The van der Waals surface area contributed by atoms with Gasteiger partial charge in [-0.15, -0.1) is 5.10 Å². The van der Waals surface area contributed by atoms with Crippen molar-refractivity contribution in [2.24, 2.45) is 40.9 Å². The van der Waals surface area contributed by atoms with Crippen LogP contribution >= 0.6 is 0 Å². The van der Waals surface area contributed by atoms with Gasteiger partial charge in [0, 0.05) is 12.1 Å². The summed E-state index contributed by atoms with van der Waals surface area (Å²) in [7, 11) is 0. The fourth-order valence-corrected chi connectivity index (χ4v) is 8.27. The first-order chi connectivity index (χ1) is 14.2. The summed E-state index contributed by atoms with van der Waals surface area (Å²) < 4.78 is 17.0. The van der Waals surface area contributed by atoms with Crippen LogP contribution in [0.4, 0.5) is 4.39 Å². The van der Waals surface area contributed by atoms with Crippen LogP contribution in [0.15, 0.2) is 6.20 Å². The maximum absolute atomic E-state index is 15.4. The molecule has 5 rings (SSSR count). The highest BCUT2D eigenvalue weighted by Gasteiger charge is 2.60. The number of carbonyl (C=O) groups is 1. The van der Waals surface area contributed by atoms with Crippen LogP contribution in [0, 0.1) is 47.8 Å². The number of halogens is 1. The van der Waals surface area contributed by atoms with E-state index < -0.39 is 11.8 Å². The Bertz CT molecular complexity index is 823. The number of aryl methyl sites for hydroxylation is 1. The van der Waals surface area contributed by atoms with Gasteiger partial charge in [0.2, 0.25) is 0 Å². The third kappa shape index (κ3) is 3.25. The molecule has 1 aromatic rings. The van der Waals surface area contributed by atoms with E-state index in [1.807, 2.05) is 20.0 Å². The molecule has 1 aromatic heterocycles. The van der Waals surface area contributed by atoms with E-state index in [1.165, 1.54) is 0 Å². The fourth-order valence-electron chi connectivity index (χ4n) is 8.27. The minimum Gasteiger partial charge on any atom is -0.390 e. The second kappa shape index (κ2) is 7.11. The Morgan fingerprint density at radius 3 is 2.63 bits per heavy atom. The van der Waals surface area contributed by atoms with Crippen molar-refractivity contribution in [1.29, 1.82) is 0 Å². The SMILES string of the molecule is Cc1cn(CC(=O)[C@H]2CC[C@H]3[C@@H]4C[C@@H](F)[C@H]5C[C@](C)(O)CC[C@@H]5[C@H]4CC[C@]23C)nn1. The molecule has 0 unspecified atom stereocenters. The van der Waals surface area contributed by atoms with Gasteiger partial charge < -0.3 is 5.11 Å². The zero-order valence-corrected chi connectivity index (χ0v) is 18.6. The van der Waals surface area contributed by atoms with Gasteiger partial charge in [0.05, 0.1) is 11.3 Å². The lowest BCUT2D eigenvalue weighted by molar-refractivity contribution is -0.139. The lowest BCUT2D eigenvalue weighted by Crippen LogP contribution is -2.54. The van der Waals surface area contributed by atoms with Crippen molar-refractivity contribution in [3.05, 3.63) is 11.9 Å². The molecule has 4 aliphatic rings. The van der Waals surface area contributed by atoms with E-state index in [1.54, 1.807) is 4.68 Å². The first kappa shape index (κ1) is 20.6. The van der Waals surface area contributed by atoms with Crippen LogP contribution in [0.3, 0.4) is 0 Å². The number of ketones is 1. The number of carbonyl (C=O) groups excluding carboxylic acids is 1. The Hall–Kier alpha value is -1.30. The van der Waals surface area contributed by atoms with Crippen molar-refractivity contribution in [2.45, 2.75) is 90.5 Å². The number of Topliss-reactive ketones (excluding diaryl/α,β-unsaturated/α-hetero) is 1. The number of aromatic nitrogens is 3. The van der Waals surface area contributed by atoms with E-state index in [9.17, 15) is 9.90 Å². The van der Waals surface area contributed by atoms with Gasteiger partial charge in [-0.2, -0.15) is 0 Å². The molecule has 5 nitrogen and oxygen atoms in total. The number of fused-ring (bicyclic) bond motifs is 5. The zero-order chi connectivity index (χ0) is 21.3. The zero-order valence-electron chi connectivity index (χ0n) is 18.6. The summed E-state index contributed by atoms with van der Waals surface area (Å²) in [6.45, 7) is 6.37. The van der Waals surface area contributed by atoms with Crippen LogP contribution in [0.25, 0.3) is 0 Å². The molecule has 0 bridgehead atoms. The minimum atomic E-state index is -0.807. The number of nitrogens with zero attached hydrogens (tertiary/aromatic N) is 3. The second-order valence-corrected chi connectivity index (χ2v) is 11.5. The first-order valence-electron chi connectivity index (χ1n) is 11.9. The second-order valence-electron chi connectivity index (χ2n) is 11.5. The van der Waals surface area contributed by atoms with E-state index in [-0.39, 0.29) is 23.0 Å². The Balaban J connectivity index is 1.34. The number of aliphatic hydroxyl groups is 1. The molecule has 4 saturated carbocycles. The lowest BCUT2D eigenvalue weighted by atomic mass is 9.48. The molecule has 30 heavy (non-hydrogen) atoms. The minimum absolute atomic E-state index is 0.0133. The van der Waals surface area contributed by atoms with E-state index in [4.69, 9.17) is 0 Å². The maximum atomic E-state index is 15.4. The highest BCUT2D eigenvalue weighted by atomic mass is 19.1. The van der Waals surface area contributed by atoms with Crippen LogP contribution in [0.1, 0.15) is 70.9 Å². The molecule has 1 heterocycles. The van der Waals surface area contributed by atoms with Gasteiger partial charge >= 0.3 is 0 Å². The average molecular weight is 418 g/mol. The van der Waals surface area contributed by atoms with E-state index >= 15 is 4.39 Å². The van der Waals surface area contributed by atoms with Gasteiger partial charge in [-0.3, -0.25) is 4.79 Å². The quantitative estimate of drug-likeness (QED) is 0.803. The monoisotopic (exact) mass is 417 g/mol. The van der Waals surface area contributed by atoms with Gasteiger partial charge in [-0.1, -0.05) is 12.1 Å². The first-order valence-corrected chi connectivity index (χ1v) is 11.9. The normalized spacial score (nSPS) is 48.0. The van der Waals surface area contributed by atoms with Gasteiger partial charge in [0.25, 0.3) is 0 Å². The molecule has 4 aliphatic carbocycles. The summed E-state index contributed by atoms with van der Waals surface area (Å²) in [6, 6.07) is 0. The Morgan fingerprint density at radius 1 is 1.17 bits per heavy atom. The van der Waals surface area contributed by atoms with Crippen LogP contribution < -0.4 is 0 Å². The predicted molar refractivity (Wildman–Crippen MR) is 111 cm³/mol. The van der Waals surface area contributed by atoms with Crippen LogP contribution in [0.2, 0.25) is 0 Å². The van der Waals surface area contributed by atoms with Crippen LogP contribution in [0.5, 0.6) is 0 Å². The molecule has 0 spiro atoms. The number of alkyl halides is 1. The van der Waals surface area contributed by atoms with Crippen molar-refractivity contribution >= 4 is 5.78 Å². The van der Waals surface area contributed by atoms with E-state index in [0.29, 0.717) is 43.1 Å². The molecule has 9 atom stereocenters. The molecule has 0 aromatic carbocycles. The third-order valence-corrected chi connectivity index (χ3v) is 9.61. The summed E-state index contributed by atoms with van der Waals surface area (Å²) in [5.41, 5.74) is 0.114. The molecule has 0 amide bonds. The van der Waals surface area contributed by atoms with Crippen molar-refractivity contribution in [2.75, 3.05) is 0 Å². The highest BCUT2D eigenvalue weighted by Crippen LogP contribution is 2.65.